The Balaban J connectivity index is 0.00000363. The fourth-order valence-electron chi connectivity index (χ4n) is 4.49. The van der Waals surface area contributed by atoms with Gasteiger partial charge < -0.3 is 25.5 Å². The fourth-order valence-corrected chi connectivity index (χ4v) is 4.49. The number of benzene rings is 1. The smallest absolute Gasteiger partial charge is 0.191 e. The Labute approximate surface area is 212 Å². The van der Waals surface area contributed by atoms with E-state index in [2.05, 4.69) is 58.5 Å². The second kappa shape index (κ2) is 15.0. The summed E-state index contributed by atoms with van der Waals surface area (Å²) in [5, 5.41) is 16.2. The summed E-state index contributed by atoms with van der Waals surface area (Å²) < 4.78 is 0. The lowest BCUT2D eigenvalue weighted by atomic mass is 9.97. The highest BCUT2D eigenvalue weighted by molar-refractivity contribution is 14.0. The molecule has 0 radical (unpaired) electrons. The minimum Gasteiger partial charge on any atom is -0.396 e. The quantitative estimate of drug-likeness (QED) is 0.187. The van der Waals surface area contributed by atoms with Crippen LogP contribution in [0, 0.1) is 11.8 Å². The molecule has 2 heterocycles. The van der Waals surface area contributed by atoms with E-state index >= 15 is 0 Å². The number of hydrogen-bond acceptors (Lipinski definition) is 4. The zero-order valence-corrected chi connectivity index (χ0v) is 22.4. The van der Waals surface area contributed by atoms with Crippen molar-refractivity contribution in [1.29, 1.82) is 0 Å². The fraction of sp³-hybridized carbons (Fsp3) is 0.720. The summed E-state index contributed by atoms with van der Waals surface area (Å²) in [4.78, 5) is 9.80. The predicted molar refractivity (Wildman–Crippen MR) is 146 cm³/mol. The van der Waals surface area contributed by atoms with Gasteiger partial charge in [-0.15, -0.1) is 24.0 Å². The molecular weight excluding hydrogens is 513 g/mol. The molecule has 1 aromatic rings. The molecule has 7 heteroatoms. The number of piperidine rings is 2. The van der Waals surface area contributed by atoms with Gasteiger partial charge in [-0.1, -0.05) is 19.1 Å². The molecular formula is C25H44IN5O. The number of guanidine groups is 1. The summed E-state index contributed by atoms with van der Waals surface area (Å²) >= 11 is 0. The van der Waals surface area contributed by atoms with Gasteiger partial charge in [0.25, 0.3) is 0 Å². The van der Waals surface area contributed by atoms with E-state index in [4.69, 9.17) is 4.99 Å². The van der Waals surface area contributed by atoms with Gasteiger partial charge in [-0.2, -0.15) is 0 Å². The van der Waals surface area contributed by atoms with Crippen molar-refractivity contribution in [2.24, 2.45) is 16.8 Å². The minimum atomic E-state index is 0. The van der Waals surface area contributed by atoms with Gasteiger partial charge in [0, 0.05) is 38.5 Å². The largest absolute Gasteiger partial charge is 0.396 e. The molecule has 0 spiro atoms. The summed E-state index contributed by atoms with van der Waals surface area (Å²) in [7, 11) is 0. The average Bonchev–Trinajstić information content (AvgIpc) is 2.82. The van der Waals surface area contributed by atoms with Crippen LogP contribution in [0.2, 0.25) is 0 Å². The van der Waals surface area contributed by atoms with Crippen molar-refractivity contribution in [1.82, 2.24) is 15.5 Å². The maximum atomic E-state index is 9.32. The first-order valence-corrected chi connectivity index (χ1v) is 12.4. The van der Waals surface area contributed by atoms with E-state index in [0.717, 1.165) is 57.3 Å². The van der Waals surface area contributed by atoms with Crippen molar-refractivity contribution in [2.75, 3.05) is 57.3 Å². The number of rotatable bonds is 9. The number of anilines is 1. The van der Waals surface area contributed by atoms with E-state index in [0.29, 0.717) is 19.1 Å². The van der Waals surface area contributed by atoms with Crippen LogP contribution in [0.1, 0.15) is 51.5 Å². The highest BCUT2D eigenvalue weighted by Gasteiger charge is 2.18. The molecule has 3 N–H and O–H groups in total. The molecule has 0 aliphatic carbocycles. The molecule has 32 heavy (non-hydrogen) atoms. The van der Waals surface area contributed by atoms with Gasteiger partial charge in [0.05, 0.1) is 6.54 Å². The SMILES string of the molecule is CCNC(=NCc1ccc(N2CCC(CO)CC2)cc1)NCCCN1CCC(C)CC1.I. The molecule has 6 nitrogen and oxygen atoms in total. The molecule has 0 bridgehead atoms. The van der Waals surface area contributed by atoms with Crippen molar-refractivity contribution in [2.45, 2.75) is 52.5 Å². The Morgan fingerprint density at radius 3 is 2.34 bits per heavy atom. The lowest BCUT2D eigenvalue weighted by Crippen LogP contribution is -2.39. The summed E-state index contributed by atoms with van der Waals surface area (Å²) in [6, 6.07) is 8.81. The maximum Gasteiger partial charge on any atom is 0.191 e. The van der Waals surface area contributed by atoms with Gasteiger partial charge in [0.2, 0.25) is 0 Å². The van der Waals surface area contributed by atoms with Crippen LogP contribution < -0.4 is 15.5 Å². The first-order valence-electron chi connectivity index (χ1n) is 12.4. The molecule has 1 aromatic carbocycles. The van der Waals surface area contributed by atoms with Crippen molar-refractivity contribution < 1.29 is 5.11 Å². The molecule has 182 valence electrons. The molecule has 0 aromatic heterocycles. The number of likely N-dealkylation sites (tertiary alicyclic amines) is 1. The molecule has 0 unspecified atom stereocenters. The third-order valence-corrected chi connectivity index (χ3v) is 6.76. The third-order valence-electron chi connectivity index (χ3n) is 6.76. The number of halogens is 1. The Bertz CT molecular complexity index is 653. The van der Waals surface area contributed by atoms with Crippen LogP contribution >= 0.6 is 24.0 Å². The van der Waals surface area contributed by atoms with Crippen LogP contribution in [0.25, 0.3) is 0 Å². The van der Waals surface area contributed by atoms with Gasteiger partial charge in [-0.05, 0) is 88.2 Å². The number of nitrogens with zero attached hydrogens (tertiary/aromatic N) is 3. The Kier molecular flexibility index (Phi) is 12.7. The van der Waals surface area contributed by atoms with E-state index < -0.39 is 0 Å². The number of aliphatic hydroxyl groups is 1. The molecule has 2 saturated heterocycles. The Hall–Kier alpha value is -1.06. The second-order valence-corrected chi connectivity index (χ2v) is 9.28. The third kappa shape index (κ3) is 9.06. The maximum absolute atomic E-state index is 9.32. The van der Waals surface area contributed by atoms with Gasteiger partial charge in [0.15, 0.2) is 5.96 Å². The molecule has 0 saturated carbocycles. The summed E-state index contributed by atoms with van der Waals surface area (Å²) in [5.74, 6) is 2.28. The lowest BCUT2D eigenvalue weighted by Gasteiger charge is -2.32. The van der Waals surface area contributed by atoms with Crippen LogP contribution in [-0.4, -0.2) is 68.4 Å². The average molecular weight is 558 g/mol. The second-order valence-electron chi connectivity index (χ2n) is 9.28. The predicted octanol–water partition coefficient (Wildman–Crippen LogP) is 3.69. The summed E-state index contributed by atoms with van der Waals surface area (Å²) in [6.45, 7) is 13.1. The van der Waals surface area contributed by atoms with E-state index in [1.165, 1.54) is 43.7 Å². The van der Waals surface area contributed by atoms with Gasteiger partial charge in [0.1, 0.15) is 0 Å². The van der Waals surface area contributed by atoms with E-state index in [1.807, 2.05) is 0 Å². The van der Waals surface area contributed by atoms with Crippen LogP contribution in [0.4, 0.5) is 5.69 Å². The van der Waals surface area contributed by atoms with Crippen LogP contribution in [0.15, 0.2) is 29.3 Å². The van der Waals surface area contributed by atoms with Gasteiger partial charge in [-0.3, -0.25) is 0 Å². The number of aliphatic imine (C=N–C) groups is 1. The van der Waals surface area contributed by atoms with Crippen molar-refractivity contribution in [3.63, 3.8) is 0 Å². The van der Waals surface area contributed by atoms with Crippen molar-refractivity contribution in [3.05, 3.63) is 29.8 Å². The minimum absolute atomic E-state index is 0. The van der Waals surface area contributed by atoms with E-state index in [9.17, 15) is 5.11 Å². The normalized spacial score (nSPS) is 19.0. The summed E-state index contributed by atoms with van der Waals surface area (Å²) in [5.41, 5.74) is 2.51. The zero-order valence-electron chi connectivity index (χ0n) is 20.1. The van der Waals surface area contributed by atoms with Gasteiger partial charge >= 0.3 is 0 Å². The lowest BCUT2D eigenvalue weighted by molar-refractivity contribution is 0.191. The standard InChI is InChI=1S/C25H43N5O.HI/c1-3-26-25(27-13-4-14-29-15-9-21(2)10-16-29)28-19-22-5-7-24(8-6-22)30-17-11-23(20-31)12-18-30;/h5-8,21,23,31H,3-4,9-20H2,1-2H3,(H2,26,27,28);1H. The molecule has 2 fully saturated rings. The number of aliphatic hydroxyl groups excluding tert-OH is 1. The monoisotopic (exact) mass is 557 g/mol. The Morgan fingerprint density at radius 1 is 1.03 bits per heavy atom. The highest BCUT2D eigenvalue weighted by Crippen LogP contribution is 2.23. The number of hydrogen-bond donors (Lipinski definition) is 3. The van der Waals surface area contributed by atoms with E-state index in [-0.39, 0.29) is 24.0 Å². The molecule has 0 amide bonds. The van der Waals surface area contributed by atoms with Crippen LogP contribution in [-0.2, 0) is 6.54 Å². The van der Waals surface area contributed by atoms with E-state index in [1.54, 1.807) is 0 Å². The van der Waals surface area contributed by atoms with Crippen LogP contribution in [0.3, 0.4) is 0 Å². The first kappa shape index (κ1) is 27.2. The van der Waals surface area contributed by atoms with Crippen LogP contribution in [0.5, 0.6) is 0 Å². The first-order chi connectivity index (χ1) is 15.2. The zero-order chi connectivity index (χ0) is 21.9. The molecule has 2 aliphatic rings. The van der Waals surface area contributed by atoms with Crippen molar-refractivity contribution in [3.8, 4) is 0 Å². The molecule has 3 rings (SSSR count). The molecule has 0 atom stereocenters. The summed E-state index contributed by atoms with van der Waals surface area (Å²) in [6.07, 6.45) is 6.00. The molecule has 2 aliphatic heterocycles. The highest BCUT2D eigenvalue weighted by atomic mass is 127. The van der Waals surface area contributed by atoms with Gasteiger partial charge in [-0.25, -0.2) is 4.99 Å². The Morgan fingerprint density at radius 2 is 1.72 bits per heavy atom. The number of nitrogens with one attached hydrogen (secondary N) is 2. The van der Waals surface area contributed by atoms with Crippen molar-refractivity contribution >= 4 is 35.6 Å². The topological polar surface area (TPSA) is 63.1 Å².